The molecule has 0 amide bonds. The summed E-state index contributed by atoms with van der Waals surface area (Å²) in [6, 6.07) is 31.3. The molecule has 3 heteroatoms. The van der Waals surface area contributed by atoms with Crippen molar-refractivity contribution in [2.24, 2.45) is 10.7 Å². The Morgan fingerprint density at radius 2 is 1.43 bits per heavy atom. The molecule has 4 aromatic carbocycles. The molecule has 30 heavy (non-hydrogen) atoms. The van der Waals surface area contributed by atoms with Gasteiger partial charge in [-0.15, -0.1) is 0 Å². The summed E-state index contributed by atoms with van der Waals surface area (Å²) in [6.45, 7) is 0. The van der Waals surface area contributed by atoms with Crippen LogP contribution in [0.4, 0.5) is 5.69 Å². The van der Waals surface area contributed by atoms with E-state index in [0.717, 1.165) is 11.3 Å². The second-order valence-corrected chi connectivity index (χ2v) is 7.58. The van der Waals surface area contributed by atoms with Crippen molar-refractivity contribution in [3.8, 4) is 0 Å². The molecule has 0 aliphatic heterocycles. The summed E-state index contributed by atoms with van der Waals surface area (Å²) in [6.07, 6.45) is 4.28. The predicted octanol–water partition coefficient (Wildman–Crippen LogP) is 5.99. The average molecular weight is 390 g/mol. The first kappa shape index (κ1) is 18.2. The van der Waals surface area contributed by atoms with Gasteiger partial charge in [-0.3, -0.25) is 0 Å². The largest absolute Gasteiger partial charge is 0.369 e. The van der Waals surface area contributed by atoms with Crippen molar-refractivity contribution in [3.05, 3.63) is 113 Å². The van der Waals surface area contributed by atoms with Gasteiger partial charge in [-0.05, 0) is 33.5 Å². The van der Waals surface area contributed by atoms with Crippen molar-refractivity contribution in [1.82, 2.24) is 4.90 Å². The predicted molar refractivity (Wildman–Crippen MR) is 127 cm³/mol. The first-order valence-corrected chi connectivity index (χ1v) is 10.1. The quantitative estimate of drug-likeness (QED) is 0.303. The first-order valence-electron chi connectivity index (χ1n) is 10.1. The van der Waals surface area contributed by atoms with Crippen LogP contribution in [0.2, 0.25) is 0 Å². The number of guanidine groups is 1. The lowest BCUT2D eigenvalue weighted by Crippen LogP contribution is -2.37. The Bertz CT molecular complexity index is 1220. The summed E-state index contributed by atoms with van der Waals surface area (Å²) in [5, 5.41) is 2.47. The minimum atomic E-state index is -0.0173. The second kappa shape index (κ2) is 7.53. The summed E-state index contributed by atoms with van der Waals surface area (Å²) >= 11 is 0. The Kier molecular flexibility index (Phi) is 4.56. The molecule has 0 aromatic heterocycles. The van der Waals surface area contributed by atoms with Gasteiger partial charge in [0.2, 0.25) is 0 Å². The first-order chi connectivity index (χ1) is 14.7. The van der Waals surface area contributed by atoms with Gasteiger partial charge >= 0.3 is 0 Å². The second-order valence-electron chi connectivity index (χ2n) is 7.58. The standard InChI is InChI=1S/C27H23N3/c1-30(26(21-9-4-2-5-10-21)22-11-6-3-7-12-22)27(28)29-24-18-16-20-14-8-13-19-15-17-23(24)25(19)20/h2-18,26H,1H3,(H2,28,29). The minimum Gasteiger partial charge on any atom is -0.369 e. The molecule has 0 saturated heterocycles. The summed E-state index contributed by atoms with van der Waals surface area (Å²) in [7, 11) is 2.01. The highest BCUT2D eigenvalue weighted by atomic mass is 15.3. The highest BCUT2D eigenvalue weighted by molar-refractivity contribution is 6.08. The maximum Gasteiger partial charge on any atom is 0.197 e. The zero-order valence-corrected chi connectivity index (χ0v) is 16.9. The molecule has 0 saturated carbocycles. The van der Waals surface area contributed by atoms with Gasteiger partial charge in [-0.1, -0.05) is 97.1 Å². The average Bonchev–Trinajstić information content (AvgIpc) is 3.23. The SMILES string of the molecule is CN(C(N)=Nc1ccc2cccc3c2c1C=C3)C(c1ccccc1)c1ccccc1. The fraction of sp³-hybridized carbons (Fsp3) is 0.0741. The molecule has 5 rings (SSSR count). The van der Waals surface area contributed by atoms with Crippen molar-refractivity contribution in [2.45, 2.75) is 6.04 Å². The van der Waals surface area contributed by atoms with Crippen LogP contribution in [-0.2, 0) is 0 Å². The molecule has 0 fully saturated rings. The van der Waals surface area contributed by atoms with Gasteiger partial charge in [-0.25, -0.2) is 4.99 Å². The van der Waals surface area contributed by atoms with Gasteiger partial charge in [0.15, 0.2) is 5.96 Å². The van der Waals surface area contributed by atoms with Crippen molar-refractivity contribution in [3.63, 3.8) is 0 Å². The normalized spacial score (nSPS) is 12.7. The monoisotopic (exact) mass is 389 g/mol. The molecule has 0 spiro atoms. The number of rotatable bonds is 4. The zero-order valence-electron chi connectivity index (χ0n) is 16.9. The molecule has 0 unspecified atom stereocenters. The number of nitrogens with zero attached hydrogens (tertiary/aromatic N) is 2. The third-order valence-electron chi connectivity index (χ3n) is 5.74. The van der Waals surface area contributed by atoms with E-state index in [0.29, 0.717) is 5.96 Å². The van der Waals surface area contributed by atoms with E-state index in [1.165, 1.54) is 27.5 Å². The Balaban J connectivity index is 1.57. The van der Waals surface area contributed by atoms with Crippen LogP contribution in [0.5, 0.6) is 0 Å². The number of hydrogen-bond acceptors (Lipinski definition) is 1. The van der Waals surface area contributed by atoms with E-state index in [4.69, 9.17) is 10.7 Å². The maximum atomic E-state index is 6.56. The molecule has 0 atom stereocenters. The van der Waals surface area contributed by atoms with Crippen molar-refractivity contribution < 1.29 is 0 Å². The molecule has 2 N–H and O–H groups in total. The lowest BCUT2D eigenvalue weighted by molar-refractivity contribution is 0.423. The highest BCUT2D eigenvalue weighted by Gasteiger charge is 2.21. The van der Waals surface area contributed by atoms with E-state index in [2.05, 4.69) is 91.0 Å². The van der Waals surface area contributed by atoms with Gasteiger partial charge in [0, 0.05) is 12.6 Å². The van der Waals surface area contributed by atoms with Crippen LogP contribution >= 0.6 is 0 Å². The fourth-order valence-electron chi connectivity index (χ4n) is 4.25. The van der Waals surface area contributed by atoms with E-state index in [-0.39, 0.29) is 6.04 Å². The lowest BCUT2D eigenvalue weighted by Gasteiger charge is -2.30. The summed E-state index contributed by atoms with van der Waals surface area (Å²) in [4.78, 5) is 6.90. The Morgan fingerprint density at radius 3 is 2.10 bits per heavy atom. The zero-order chi connectivity index (χ0) is 20.5. The molecular formula is C27H23N3. The lowest BCUT2D eigenvalue weighted by atomic mass is 9.97. The van der Waals surface area contributed by atoms with Crippen LogP contribution in [0, 0.1) is 0 Å². The number of nitrogens with two attached hydrogens (primary N) is 1. The van der Waals surface area contributed by atoms with Crippen LogP contribution in [0.25, 0.3) is 22.9 Å². The minimum absolute atomic E-state index is 0.0173. The summed E-state index contributed by atoms with van der Waals surface area (Å²) in [5.41, 5.74) is 12.2. The topological polar surface area (TPSA) is 41.6 Å². The van der Waals surface area contributed by atoms with Gasteiger partial charge in [0.05, 0.1) is 11.7 Å². The van der Waals surface area contributed by atoms with E-state index in [9.17, 15) is 0 Å². The van der Waals surface area contributed by atoms with E-state index in [1.807, 2.05) is 24.1 Å². The third-order valence-corrected chi connectivity index (χ3v) is 5.74. The molecular weight excluding hydrogens is 366 g/mol. The summed E-state index contributed by atoms with van der Waals surface area (Å²) < 4.78 is 0. The van der Waals surface area contributed by atoms with E-state index < -0.39 is 0 Å². The molecule has 0 bridgehead atoms. The number of hydrogen-bond donors (Lipinski definition) is 1. The van der Waals surface area contributed by atoms with E-state index in [1.54, 1.807) is 0 Å². The van der Waals surface area contributed by atoms with Gasteiger partial charge < -0.3 is 10.6 Å². The van der Waals surface area contributed by atoms with E-state index >= 15 is 0 Å². The number of aliphatic imine (C=N–C) groups is 1. The van der Waals surface area contributed by atoms with Crippen LogP contribution in [0.1, 0.15) is 28.3 Å². The Labute approximate surface area is 176 Å². The number of benzene rings is 4. The van der Waals surface area contributed by atoms with Gasteiger partial charge in [0.25, 0.3) is 0 Å². The van der Waals surface area contributed by atoms with Crippen LogP contribution in [-0.4, -0.2) is 17.9 Å². The molecule has 0 radical (unpaired) electrons. The molecule has 4 aromatic rings. The van der Waals surface area contributed by atoms with Crippen LogP contribution < -0.4 is 5.73 Å². The van der Waals surface area contributed by atoms with Gasteiger partial charge in [0.1, 0.15) is 0 Å². The fourth-order valence-corrected chi connectivity index (χ4v) is 4.25. The molecule has 0 heterocycles. The van der Waals surface area contributed by atoms with Crippen molar-refractivity contribution in [2.75, 3.05) is 7.05 Å². The van der Waals surface area contributed by atoms with Crippen molar-refractivity contribution >= 4 is 34.6 Å². The Morgan fingerprint density at radius 1 is 0.767 bits per heavy atom. The molecule has 3 nitrogen and oxygen atoms in total. The molecule has 1 aliphatic rings. The third kappa shape index (κ3) is 3.15. The Hall–Kier alpha value is -3.85. The highest BCUT2D eigenvalue weighted by Crippen LogP contribution is 2.37. The van der Waals surface area contributed by atoms with Crippen LogP contribution in [0.15, 0.2) is 96.0 Å². The van der Waals surface area contributed by atoms with Crippen LogP contribution in [0.3, 0.4) is 0 Å². The molecule has 146 valence electrons. The maximum absolute atomic E-state index is 6.56. The summed E-state index contributed by atoms with van der Waals surface area (Å²) in [5.74, 6) is 0.487. The van der Waals surface area contributed by atoms with Crippen molar-refractivity contribution in [1.29, 1.82) is 0 Å². The molecule has 1 aliphatic carbocycles. The van der Waals surface area contributed by atoms with Gasteiger partial charge in [-0.2, -0.15) is 0 Å². The smallest absolute Gasteiger partial charge is 0.197 e.